The van der Waals surface area contributed by atoms with Gasteiger partial charge in [-0.3, -0.25) is 14.5 Å². The minimum atomic E-state index is -1.02. The highest BCUT2D eigenvalue weighted by Crippen LogP contribution is 2.11. The van der Waals surface area contributed by atoms with Crippen LogP contribution in [-0.4, -0.2) is 38.7 Å². The Labute approximate surface area is 119 Å². The van der Waals surface area contributed by atoms with Gasteiger partial charge < -0.3 is 5.11 Å². The molecule has 0 unspecified atom stereocenters. The van der Waals surface area contributed by atoms with Crippen LogP contribution in [0.1, 0.15) is 12.0 Å². The molecule has 0 aliphatic carbocycles. The number of nitrogens with zero attached hydrogens (tertiary/aromatic N) is 3. The van der Waals surface area contributed by atoms with E-state index in [1.807, 2.05) is 0 Å². The molecular formula is C13H13FN4O3. The fourth-order valence-corrected chi connectivity index (χ4v) is 1.76. The second kappa shape index (κ2) is 6.60. The number of nitrogens with one attached hydrogen (secondary N) is 1. The monoisotopic (exact) mass is 292 g/mol. The smallest absolute Gasteiger partial charge is 0.305 e. The maximum Gasteiger partial charge on any atom is 0.305 e. The predicted octanol–water partition coefficient (Wildman–Crippen LogP) is 0.994. The molecule has 0 aliphatic heterocycles. The number of H-pyrrole nitrogens is 1. The van der Waals surface area contributed by atoms with Crippen molar-refractivity contribution in [2.75, 3.05) is 11.4 Å². The highest BCUT2D eigenvalue weighted by Gasteiger charge is 2.19. The van der Waals surface area contributed by atoms with Gasteiger partial charge in [-0.05, 0) is 17.7 Å². The van der Waals surface area contributed by atoms with E-state index in [2.05, 4.69) is 15.2 Å². The van der Waals surface area contributed by atoms with Gasteiger partial charge in [-0.15, -0.1) is 0 Å². The highest BCUT2D eigenvalue weighted by molar-refractivity contribution is 5.93. The number of rotatable bonds is 6. The quantitative estimate of drug-likeness (QED) is 0.827. The van der Waals surface area contributed by atoms with Crippen LogP contribution in [0, 0.1) is 5.82 Å². The lowest BCUT2D eigenvalue weighted by Crippen LogP contribution is -2.35. The number of halogens is 1. The van der Waals surface area contributed by atoms with Gasteiger partial charge in [0, 0.05) is 6.54 Å². The number of amides is 1. The number of hydrogen-bond donors (Lipinski definition) is 2. The number of aliphatic carboxylic acids is 1. The van der Waals surface area contributed by atoms with Gasteiger partial charge in [-0.1, -0.05) is 12.1 Å². The Kier molecular flexibility index (Phi) is 4.60. The number of aromatic nitrogens is 3. The first kappa shape index (κ1) is 14.6. The Bertz CT molecular complexity index is 613. The molecule has 2 N–H and O–H groups in total. The topological polar surface area (TPSA) is 99.2 Å². The third-order valence-corrected chi connectivity index (χ3v) is 2.78. The summed E-state index contributed by atoms with van der Waals surface area (Å²) in [5.74, 6) is -1.57. The minimum absolute atomic E-state index is 0.0145. The summed E-state index contributed by atoms with van der Waals surface area (Å²) in [4.78, 5) is 28.0. The van der Waals surface area contributed by atoms with Gasteiger partial charge in [0.05, 0.1) is 12.8 Å². The highest BCUT2D eigenvalue weighted by atomic mass is 19.1. The Balaban J connectivity index is 2.10. The molecule has 0 atom stereocenters. The summed E-state index contributed by atoms with van der Waals surface area (Å²) in [6.45, 7) is -0.0233. The van der Waals surface area contributed by atoms with Crippen molar-refractivity contribution in [1.29, 1.82) is 0 Å². The summed E-state index contributed by atoms with van der Waals surface area (Å²) >= 11 is 0. The van der Waals surface area contributed by atoms with Crippen LogP contribution in [0.25, 0.3) is 0 Å². The average molecular weight is 292 g/mol. The van der Waals surface area contributed by atoms with Gasteiger partial charge in [-0.25, -0.2) is 9.49 Å². The van der Waals surface area contributed by atoms with Crippen molar-refractivity contribution in [1.82, 2.24) is 15.2 Å². The lowest BCUT2D eigenvalue weighted by atomic mass is 10.1. The number of hydrogen-bond acceptors (Lipinski definition) is 4. The van der Waals surface area contributed by atoms with Crippen molar-refractivity contribution in [2.45, 2.75) is 12.8 Å². The van der Waals surface area contributed by atoms with Crippen molar-refractivity contribution in [3.63, 3.8) is 0 Å². The molecular weight excluding hydrogens is 279 g/mol. The first-order chi connectivity index (χ1) is 10.1. The zero-order valence-corrected chi connectivity index (χ0v) is 11.0. The van der Waals surface area contributed by atoms with Gasteiger partial charge in [0.15, 0.2) is 0 Å². The Morgan fingerprint density at radius 1 is 1.29 bits per heavy atom. The summed E-state index contributed by atoms with van der Waals surface area (Å²) in [7, 11) is 0. The van der Waals surface area contributed by atoms with Crippen LogP contribution in [0.2, 0.25) is 0 Å². The molecule has 1 heterocycles. The number of aromatic amines is 1. The number of carboxylic acids is 1. The van der Waals surface area contributed by atoms with Gasteiger partial charge in [-0.2, -0.15) is 10.1 Å². The van der Waals surface area contributed by atoms with Gasteiger partial charge in [0.1, 0.15) is 12.1 Å². The van der Waals surface area contributed by atoms with Crippen molar-refractivity contribution >= 4 is 17.8 Å². The van der Waals surface area contributed by atoms with Crippen LogP contribution in [-0.2, 0) is 16.0 Å². The molecule has 0 fully saturated rings. The van der Waals surface area contributed by atoms with Crippen LogP contribution in [0.4, 0.5) is 10.3 Å². The van der Waals surface area contributed by atoms with E-state index in [0.717, 1.165) is 0 Å². The number of anilines is 1. The summed E-state index contributed by atoms with van der Waals surface area (Å²) in [5, 5.41) is 14.9. The van der Waals surface area contributed by atoms with E-state index in [0.29, 0.717) is 5.56 Å². The predicted molar refractivity (Wildman–Crippen MR) is 71.1 cm³/mol. The Morgan fingerprint density at radius 3 is 2.57 bits per heavy atom. The molecule has 8 heteroatoms. The average Bonchev–Trinajstić information content (AvgIpc) is 2.95. The molecule has 0 aliphatic rings. The normalized spacial score (nSPS) is 10.3. The number of carboxylic acid groups (broad SMARTS) is 1. The van der Waals surface area contributed by atoms with E-state index >= 15 is 0 Å². The largest absolute Gasteiger partial charge is 0.481 e. The molecule has 2 rings (SSSR count). The van der Waals surface area contributed by atoms with E-state index in [1.165, 1.54) is 35.5 Å². The number of benzene rings is 1. The second-order valence-electron chi connectivity index (χ2n) is 4.30. The molecule has 2 aromatic rings. The molecule has 0 spiro atoms. The van der Waals surface area contributed by atoms with Crippen LogP contribution >= 0.6 is 0 Å². The second-order valence-corrected chi connectivity index (χ2v) is 4.30. The van der Waals surface area contributed by atoms with Crippen LogP contribution in [0.5, 0.6) is 0 Å². The van der Waals surface area contributed by atoms with E-state index in [4.69, 9.17) is 5.11 Å². The SMILES string of the molecule is O=C(O)CCN(C(=O)Cc1ccc(F)cc1)c1ncn[nH]1. The minimum Gasteiger partial charge on any atom is -0.481 e. The number of carbonyl (C=O) groups is 2. The van der Waals surface area contributed by atoms with Gasteiger partial charge >= 0.3 is 5.97 Å². The van der Waals surface area contributed by atoms with Crippen LogP contribution < -0.4 is 4.90 Å². The molecule has 0 radical (unpaired) electrons. The first-order valence-electron chi connectivity index (χ1n) is 6.18. The van der Waals surface area contributed by atoms with Crippen LogP contribution in [0.3, 0.4) is 0 Å². The van der Waals surface area contributed by atoms with Crippen molar-refractivity contribution in [2.24, 2.45) is 0 Å². The molecule has 0 saturated heterocycles. The third-order valence-electron chi connectivity index (χ3n) is 2.78. The summed E-state index contributed by atoms with van der Waals surface area (Å²) in [6.07, 6.45) is 1.03. The van der Waals surface area contributed by atoms with Crippen molar-refractivity contribution in [3.05, 3.63) is 42.0 Å². The molecule has 21 heavy (non-hydrogen) atoms. The molecule has 1 aromatic heterocycles. The molecule has 7 nitrogen and oxygen atoms in total. The summed E-state index contributed by atoms with van der Waals surface area (Å²) < 4.78 is 12.8. The first-order valence-corrected chi connectivity index (χ1v) is 6.18. The molecule has 0 saturated carbocycles. The van der Waals surface area contributed by atoms with Gasteiger partial charge in [0.25, 0.3) is 0 Å². The molecule has 1 amide bonds. The third kappa shape index (κ3) is 4.10. The van der Waals surface area contributed by atoms with E-state index in [1.54, 1.807) is 0 Å². The lowest BCUT2D eigenvalue weighted by molar-refractivity contribution is -0.136. The standard InChI is InChI=1S/C13H13FN4O3/c14-10-3-1-9(2-4-10)7-11(19)18(6-5-12(20)21)13-15-8-16-17-13/h1-4,8H,5-7H2,(H,20,21)(H,15,16,17). The fraction of sp³-hybridized carbons (Fsp3) is 0.231. The molecule has 0 bridgehead atoms. The summed E-state index contributed by atoms with van der Waals surface area (Å²) in [5.41, 5.74) is 0.626. The maximum absolute atomic E-state index is 12.8. The number of carbonyl (C=O) groups excluding carboxylic acids is 1. The summed E-state index contributed by atoms with van der Waals surface area (Å²) in [6, 6.07) is 5.53. The van der Waals surface area contributed by atoms with Crippen molar-refractivity contribution < 1.29 is 19.1 Å². The maximum atomic E-state index is 12.8. The van der Waals surface area contributed by atoms with Crippen molar-refractivity contribution in [3.8, 4) is 0 Å². The fourth-order valence-electron chi connectivity index (χ4n) is 1.76. The lowest BCUT2D eigenvalue weighted by Gasteiger charge is -2.18. The zero-order valence-electron chi connectivity index (χ0n) is 11.0. The van der Waals surface area contributed by atoms with E-state index in [-0.39, 0.29) is 37.1 Å². The van der Waals surface area contributed by atoms with Crippen LogP contribution in [0.15, 0.2) is 30.6 Å². The Hall–Kier alpha value is -2.77. The van der Waals surface area contributed by atoms with E-state index in [9.17, 15) is 14.0 Å². The molecule has 1 aromatic carbocycles. The molecule has 110 valence electrons. The zero-order chi connectivity index (χ0) is 15.2. The van der Waals surface area contributed by atoms with E-state index < -0.39 is 5.97 Å². The Morgan fingerprint density at radius 2 is 2.00 bits per heavy atom. The van der Waals surface area contributed by atoms with Gasteiger partial charge in [0.2, 0.25) is 11.9 Å².